The summed E-state index contributed by atoms with van der Waals surface area (Å²) in [5.74, 6) is 0. The zero-order valence-corrected chi connectivity index (χ0v) is 27.4. The predicted molar refractivity (Wildman–Crippen MR) is 207 cm³/mol. The molecule has 0 atom stereocenters. The van der Waals surface area contributed by atoms with Crippen molar-refractivity contribution in [2.75, 3.05) is 0 Å². The molecule has 10 aromatic rings. The van der Waals surface area contributed by atoms with Crippen molar-refractivity contribution in [3.05, 3.63) is 158 Å². The van der Waals surface area contributed by atoms with Crippen molar-refractivity contribution in [1.29, 1.82) is 0 Å². The molecule has 0 bridgehead atoms. The van der Waals surface area contributed by atoms with Gasteiger partial charge in [0.1, 0.15) is 0 Å². The SMILES string of the molecule is c1cnc2ccc(-c3ccc(-c4ccc5c(c4)sc4c6ccc(-c7ccc(-c8ccc9cccnc9c8)cc7)cc6sc54)cc3)cc2c1. The van der Waals surface area contributed by atoms with Gasteiger partial charge in [-0.2, -0.15) is 0 Å². The quantitative estimate of drug-likeness (QED) is 0.190. The molecule has 0 unspecified atom stereocenters. The van der Waals surface area contributed by atoms with Gasteiger partial charge in [0.25, 0.3) is 0 Å². The van der Waals surface area contributed by atoms with E-state index < -0.39 is 0 Å². The smallest absolute Gasteiger partial charge is 0.0708 e. The van der Waals surface area contributed by atoms with Gasteiger partial charge in [-0.15, -0.1) is 22.7 Å². The summed E-state index contributed by atoms with van der Waals surface area (Å²) in [4.78, 5) is 8.99. The summed E-state index contributed by atoms with van der Waals surface area (Å²) < 4.78 is 5.44. The number of nitrogens with zero attached hydrogens (tertiary/aromatic N) is 2. The second-order valence-corrected chi connectivity index (χ2v) is 14.4. The fraction of sp³-hybridized carbons (Fsp3) is 0. The third-order valence-electron chi connectivity index (χ3n) is 9.39. The maximum atomic E-state index is 4.53. The first-order chi connectivity index (χ1) is 23.7. The van der Waals surface area contributed by atoms with Crippen LogP contribution in [-0.2, 0) is 0 Å². The zero-order valence-electron chi connectivity index (χ0n) is 25.7. The van der Waals surface area contributed by atoms with Gasteiger partial charge in [0.05, 0.1) is 20.4 Å². The fourth-order valence-electron chi connectivity index (χ4n) is 6.83. The van der Waals surface area contributed by atoms with E-state index in [-0.39, 0.29) is 0 Å². The molecule has 4 heteroatoms. The van der Waals surface area contributed by atoms with Crippen LogP contribution in [0.25, 0.3) is 95.9 Å². The van der Waals surface area contributed by atoms with Crippen molar-refractivity contribution >= 4 is 74.1 Å². The molecule has 0 aliphatic carbocycles. The monoisotopic (exact) mass is 646 g/mol. The van der Waals surface area contributed by atoms with Crippen LogP contribution in [0.1, 0.15) is 0 Å². The summed E-state index contributed by atoms with van der Waals surface area (Å²) in [5.41, 5.74) is 11.8. The van der Waals surface area contributed by atoms with Crippen LogP contribution in [0.15, 0.2) is 158 Å². The highest BCUT2D eigenvalue weighted by molar-refractivity contribution is 7.36. The molecule has 0 fully saturated rings. The number of benzene rings is 6. The summed E-state index contributed by atoms with van der Waals surface area (Å²) in [6, 6.07) is 52.9. The van der Waals surface area contributed by atoms with E-state index in [0.29, 0.717) is 0 Å². The molecule has 2 nitrogen and oxygen atoms in total. The number of thiophene rings is 2. The normalized spacial score (nSPS) is 11.8. The first-order valence-electron chi connectivity index (χ1n) is 16.0. The van der Waals surface area contributed by atoms with E-state index >= 15 is 0 Å². The number of hydrogen-bond donors (Lipinski definition) is 0. The van der Waals surface area contributed by atoms with E-state index in [1.54, 1.807) is 0 Å². The Kier molecular flexibility index (Phi) is 6.26. The lowest BCUT2D eigenvalue weighted by atomic mass is 9.99. The van der Waals surface area contributed by atoms with Gasteiger partial charge in [-0.1, -0.05) is 103 Å². The third kappa shape index (κ3) is 4.61. The van der Waals surface area contributed by atoms with E-state index in [2.05, 4.69) is 143 Å². The Hall–Kier alpha value is -5.68. The number of fused-ring (bicyclic) bond motifs is 7. The first kappa shape index (κ1) is 27.4. The van der Waals surface area contributed by atoms with E-state index in [1.807, 2.05) is 47.2 Å². The minimum atomic E-state index is 1.02. The second-order valence-electron chi connectivity index (χ2n) is 12.3. The van der Waals surface area contributed by atoms with Crippen LogP contribution in [0.4, 0.5) is 0 Å². The minimum absolute atomic E-state index is 1.02. The van der Waals surface area contributed by atoms with Crippen molar-refractivity contribution in [3.63, 3.8) is 0 Å². The van der Waals surface area contributed by atoms with Crippen molar-refractivity contribution in [2.45, 2.75) is 0 Å². The third-order valence-corrected chi connectivity index (χ3v) is 11.9. The first-order valence-corrected chi connectivity index (χ1v) is 17.7. The lowest BCUT2D eigenvalue weighted by Crippen LogP contribution is -1.83. The van der Waals surface area contributed by atoms with Gasteiger partial charge in [0, 0.05) is 43.3 Å². The van der Waals surface area contributed by atoms with E-state index in [9.17, 15) is 0 Å². The maximum Gasteiger partial charge on any atom is 0.0708 e. The Morgan fingerprint density at radius 3 is 1.35 bits per heavy atom. The van der Waals surface area contributed by atoms with Gasteiger partial charge in [0.2, 0.25) is 0 Å². The number of rotatable bonds is 4. The van der Waals surface area contributed by atoms with Crippen LogP contribution >= 0.6 is 22.7 Å². The molecule has 0 radical (unpaired) electrons. The largest absolute Gasteiger partial charge is 0.256 e. The van der Waals surface area contributed by atoms with E-state index in [1.165, 1.54) is 74.1 Å². The summed E-state index contributed by atoms with van der Waals surface area (Å²) in [6.07, 6.45) is 3.70. The molecule has 0 spiro atoms. The Morgan fingerprint density at radius 1 is 0.333 bits per heavy atom. The molecule has 224 valence electrons. The molecule has 48 heavy (non-hydrogen) atoms. The number of aromatic nitrogens is 2. The Balaban J connectivity index is 0.938. The highest BCUT2D eigenvalue weighted by atomic mass is 32.1. The van der Waals surface area contributed by atoms with Crippen LogP contribution in [0.2, 0.25) is 0 Å². The van der Waals surface area contributed by atoms with Crippen LogP contribution in [0.3, 0.4) is 0 Å². The highest BCUT2D eigenvalue weighted by Gasteiger charge is 2.14. The zero-order chi connectivity index (χ0) is 31.6. The summed E-state index contributed by atoms with van der Waals surface area (Å²) in [6.45, 7) is 0. The minimum Gasteiger partial charge on any atom is -0.256 e. The Bertz CT molecular complexity index is 2630. The fourth-order valence-corrected chi connectivity index (χ4v) is 9.56. The molecule has 0 amide bonds. The van der Waals surface area contributed by atoms with Gasteiger partial charge < -0.3 is 0 Å². The molecule has 4 heterocycles. The molecular formula is C44H26N2S2. The van der Waals surface area contributed by atoms with Gasteiger partial charge in [-0.25, -0.2) is 0 Å². The van der Waals surface area contributed by atoms with Gasteiger partial charge in [-0.3, -0.25) is 9.97 Å². The molecule has 0 N–H and O–H groups in total. The van der Waals surface area contributed by atoms with E-state index in [4.69, 9.17) is 0 Å². The van der Waals surface area contributed by atoms with Gasteiger partial charge in [-0.05, 0) is 87.0 Å². The topological polar surface area (TPSA) is 25.8 Å². The van der Waals surface area contributed by atoms with Crippen LogP contribution in [0.5, 0.6) is 0 Å². The average molecular weight is 647 g/mol. The van der Waals surface area contributed by atoms with Crippen molar-refractivity contribution in [2.24, 2.45) is 0 Å². The van der Waals surface area contributed by atoms with Crippen molar-refractivity contribution < 1.29 is 0 Å². The lowest BCUT2D eigenvalue weighted by molar-refractivity contribution is 1.41. The predicted octanol–water partition coefficient (Wildman–Crippen LogP) is 13.0. The highest BCUT2D eigenvalue weighted by Crippen LogP contribution is 2.46. The number of pyridine rings is 2. The molecule has 0 saturated carbocycles. The van der Waals surface area contributed by atoms with E-state index in [0.717, 1.165) is 21.8 Å². The molecule has 0 aliphatic rings. The lowest BCUT2D eigenvalue weighted by Gasteiger charge is -2.07. The van der Waals surface area contributed by atoms with Crippen LogP contribution < -0.4 is 0 Å². The summed E-state index contributed by atoms with van der Waals surface area (Å²) in [7, 11) is 0. The van der Waals surface area contributed by atoms with Crippen molar-refractivity contribution in [3.8, 4) is 44.5 Å². The average Bonchev–Trinajstić information content (AvgIpc) is 3.70. The Labute approximate surface area is 285 Å². The molecule has 0 saturated heterocycles. The van der Waals surface area contributed by atoms with Crippen molar-refractivity contribution in [1.82, 2.24) is 9.97 Å². The van der Waals surface area contributed by atoms with Gasteiger partial charge in [0.15, 0.2) is 0 Å². The molecule has 4 aromatic heterocycles. The summed E-state index contributed by atoms with van der Waals surface area (Å²) >= 11 is 3.82. The van der Waals surface area contributed by atoms with Gasteiger partial charge >= 0.3 is 0 Å². The standard InChI is InChI=1S/C44H26N2S2/c1-3-31-13-14-33(24-40(31)46-22-1)28-7-11-30(12-8-28)35-16-19-38-42(26-35)48-43-37-18-15-34(25-41(37)47-44(38)43)29-9-5-27(6-10-29)32-17-20-39-36(23-32)4-2-21-45-39/h1-26H. The second kappa shape index (κ2) is 11.0. The maximum absolute atomic E-state index is 4.53. The van der Waals surface area contributed by atoms with Crippen LogP contribution in [0, 0.1) is 0 Å². The number of hydrogen-bond acceptors (Lipinski definition) is 4. The molecular weight excluding hydrogens is 621 g/mol. The summed E-state index contributed by atoms with van der Waals surface area (Å²) in [5, 5.41) is 5.01. The molecule has 6 aromatic carbocycles. The van der Waals surface area contributed by atoms with Crippen LogP contribution in [-0.4, -0.2) is 9.97 Å². The molecule has 10 rings (SSSR count). The molecule has 0 aliphatic heterocycles. The Morgan fingerprint density at radius 2 is 0.771 bits per heavy atom.